The summed E-state index contributed by atoms with van der Waals surface area (Å²) in [6, 6.07) is 0. The van der Waals surface area contributed by atoms with Gasteiger partial charge in [0.15, 0.2) is 0 Å². The Labute approximate surface area is 141 Å². The van der Waals surface area contributed by atoms with Crippen molar-refractivity contribution in [3.05, 3.63) is 0 Å². The number of alkyl halides is 5. The van der Waals surface area contributed by atoms with Gasteiger partial charge in [0.1, 0.15) is 0 Å². The topological polar surface area (TPSA) is 55.8 Å². The normalized spacial score (nSPS) is 48.8. The predicted molar refractivity (Wildman–Crippen MR) is 74.4 cm³/mol. The number of rotatable bonds is 2. The molecule has 0 radical (unpaired) electrons. The van der Waals surface area contributed by atoms with Crippen molar-refractivity contribution in [3.63, 3.8) is 0 Å². The molecule has 0 aromatic carbocycles. The first kappa shape index (κ1) is 18.8. The van der Waals surface area contributed by atoms with Crippen LogP contribution in [-0.4, -0.2) is 41.2 Å². The standard InChI is InChI=1S/C16H21F5O4/c1-7-8(2)10-4-9(7)5-11(10)12(22)25-13(3)6-24-15(23,14(13,17)18)16(19,20)21/h7-11,23H,4-6H2,1-3H3. The molecule has 0 aromatic rings. The molecule has 25 heavy (non-hydrogen) atoms. The van der Waals surface area contributed by atoms with Gasteiger partial charge in [-0.25, -0.2) is 0 Å². The average molecular weight is 372 g/mol. The van der Waals surface area contributed by atoms with Crippen LogP contribution in [-0.2, 0) is 14.3 Å². The predicted octanol–water partition coefficient (Wildman–Crippen LogP) is 3.13. The van der Waals surface area contributed by atoms with E-state index in [1.807, 2.05) is 6.92 Å². The Morgan fingerprint density at radius 3 is 2.24 bits per heavy atom. The van der Waals surface area contributed by atoms with Gasteiger partial charge in [-0.2, -0.15) is 22.0 Å². The fourth-order valence-electron chi connectivity index (χ4n) is 4.64. The second-order valence-corrected chi connectivity index (χ2v) is 7.88. The third-order valence-corrected chi connectivity index (χ3v) is 6.56. The molecule has 3 aliphatic rings. The highest BCUT2D eigenvalue weighted by molar-refractivity contribution is 5.74. The Kier molecular flexibility index (Phi) is 3.97. The molecule has 7 unspecified atom stereocenters. The van der Waals surface area contributed by atoms with E-state index in [1.54, 1.807) is 0 Å². The van der Waals surface area contributed by atoms with Crippen LogP contribution in [0.4, 0.5) is 22.0 Å². The minimum Gasteiger partial charge on any atom is -0.450 e. The molecule has 0 amide bonds. The number of hydrogen-bond donors (Lipinski definition) is 1. The smallest absolute Gasteiger partial charge is 0.449 e. The van der Waals surface area contributed by atoms with E-state index in [9.17, 15) is 31.9 Å². The Morgan fingerprint density at radius 1 is 1.20 bits per heavy atom. The van der Waals surface area contributed by atoms with Crippen molar-refractivity contribution in [3.8, 4) is 0 Å². The monoisotopic (exact) mass is 372 g/mol. The number of aliphatic hydroxyl groups is 1. The summed E-state index contributed by atoms with van der Waals surface area (Å²) in [5, 5.41) is 9.36. The van der Waals surface area contributed by atoms with Crippen LogP contribution >= 0.6 is 0 Å². The summed E-state index contributed by atoms with van der Waals surface area (Å²) in [7, 11) is 0. The first-order chi connectivity index (χ1) is 11.3. The van der Waals surface area contributed by atoms with Gasteiger partial charge in [0.05, 0.1) is 12.5 Å². The minimum absolute atomic E-state index is 0.0199. The molecule has 0 aromatic heterocycles. The average Bonchev–Trinajstić information content (AvgIpc) is 3.08. The molecular formula is C16H21F5O4. The Balaban J connectivity index is 1.78. The van der Waals surface area contributed by atoms with E-state index < -0.39 is 42.0 Å². The first-order valence-corrected chi connectivity index (χ1v) is 8.29. The maximum Gasteiger partial charge on any atom is 0.449 e. The molecule has 0 spiro atoms. The van der Waals surface area contributed by atoms with Gasteiger partial charge in [-0.3, -0.25) is 4.79 Å². The van der Waals surface area contributed by atoms with E-state index in [4.69, 9.17) is 4.74 Å². The summed E-state index contributed by atoms with van der Waals surface area (Å²) in [6.07, 6.45) is -4.45. The van der Waals surface area contributed by atoms with Gasteiger partial charge in [-0.05, 0) is 43.4 Å². The Morgan fingerprint density at radius 2 is 1.80 bits per heavy atom. The maximum atomic E-state index is 14.3. The van der Waals surface area contributed by atoms with Gasteiger partial charge >= 0.3 is 23.9 Å². The number of fused-ring (bicyclic) bond motifs is 2. The van der Waals surface area contributed by atoms with Crippen molar-refractivity contribution < 1.29 is 41.3 Å². The lowest BCUT2D eigenvalue weighted by Gasteiger charge is -2.37. The number of carbonyl (C=O) groups is 1. The molecule has 9 heteroatoms. The van der Waals surface area contributed by atoms with E-state index >= 15 is 0 Å². The molecular weight excluding hydrogens is 351 g/mol. The van der Waals surface area contributed by atoms with Crippen LogP contribution in [0.25, 0.3) is 0 Å². The summed E-state index contributed by atoms with van der Waals surface area (Å²) < 4.78 is 76.1. The van der Waals surface area contributed by atoms with E-state index in [0.29, 0.717) is 19.3 Å². The van der Waals surface area contributed by atoms with Crippen LogP contribution in [0.5, 0.6) is 0 Å². The molecule has 1 aliphatic heterocycles. The fourth-order valence-corrected chi connectivity index (χ4v) is 4.64. The zero-order valence-electron chi connectivity index (χ0n) is 14.1. The van der Waals surface area contributed by atoms with Gasteiger partial charge in [0.25, 0.3) is 0 Å². The quantitative estimate of drug-likeness (QED) is 0.598. The minimum atomic E-state index is -5.73. The first-order valence-electron chi connectivity index (χ1n) is 8.29. The van der Waals surface area contributed by atoms with Crippen molar-refractivity contribution >= 4 is 5.97 Å². The highest BCUT2D eigenvalue weighted by Gasteiger charge is 2.82. The van der Waals surface area contributed by atoms with Crippen molar-refractivity contribution in [1.82, 2.24) is 0 Å². The molecule has 2 saturated carbocycles. The van der Waals surface area contributed by atoms with Crippen LogP contribution in [0.3, 0.4) is 0 Å². The SMILES string of the molecule is CC1C2CC(C(=O)OC3(C)COC(O)(C(F)(F)F)C3(F)F)C(C2)C1C. The lowest BCUT2D eigenvalue weighted by atomic mass is 9.75. The van der Waals surface area contributed by atoms with Gasteiger partial charge in [-0.1, -0.05) is 13.8 Å². The molecule has 144 valence electrons. The highest BCUT2D eigenvalue weighted by atomic mass is 19.4. The lowest BCUT2D eigenvalue weighted by Crippen LogP contribution is -2.63. The van der Waals surface area contributed by atoms with Crippen LogP contribution in [0.15, 0.2) is 0 Å². The van der Waals surface area contributed by atoms with Gasteiger partial charge in [0, 0.05) is 0 Å². The fraction of sp³-hybridized carbons (Fsp3) is 0.938. The Hall–Kier alpha value is -0.960. The summed E-state index contributed by atoms with van der Waals surface area (Å²) in [4.78, 5) is 12.4. The summed E-state index contributed by atoms with van der Waals surface area (Å²) >= 11 is 0. The third kappa shape index (κ3) is 2.34. The van der Waals surface area contributed by atoms with Crippen LogP contribution in [0.2, 0.25) is 0 Å². The van der Waals surface area contributed by atoms with Crippen LogP contribution in [0, 0.1) is 29.6 Å². The second-order valence-electron chi connectivity index (χ2n) is 7.88. The van der Waals surface area contributed by atoms with Gasteiger partial charge in [-0.15, -0.1) is 0 Å². The summed E-state index contributed by atoms with van der Waals surface area (Å²) in [5.74, 6) is -10.2. The van der Waals surface area contributed by atoms with E-state index in [-0.39, 0.29) is 17.8 Å². The number of carbonyl (C=O) groups excluding carboxylic acids is 1. The second kappa shape index (κ2) is 5.28. The van der Waals surface area contributed by atoms with E-state index in [2.05, 4.69) is 11.7 Å². The number of esters is 1. The number of ether oxygens (including phenoxy) is 2. The van der Waals surface area contributed by atoms with Gasteiger partial charge < -0.3 is 14.6 Å². The van der Waals surface area contributed by atoms with Crippen molar-refractivity contribution in [2.45, 2.75) is 57.1 Å². The maximum absolute atomic E-state index is 14.3. The largest absolute Gasteiger partial charge is 0.450 e. The molecule has 1 heterocycles. The lowest BCUT2D eigenvalue weighted by molar-refractivity contribution is -0.409. The van der Waals surface area contributed by atoms with Crippen LogP contribution < -0.4 is 0 Å². The van der Waals surface area contributed by atoms with Crippen molar-refractivity contribution in [2.24, 2.45) is 29.6 Å². The zero-order valence-corrected chi connectivity index (χ0v) is 14.1. The van der Waals surface area contributed by atoms with Crippen LogP contribution in [0.1, 0.15) is 33.6 Å². The molecule has 1 saturated heterocycles. The van der Waals surface area contributed by atoms with Crippen molar-refractivity contribution in [2.75, 3.05) is 6.61 Å². The molecule has 7 atom stereocenters. The third-order valence-electron chi connectivity index (χ3n) is 6.56. The van der Waals surface area contributed by atoms with Gasteiger partial charge in [0.2, 0.25) is 5.60 Å². The number of halogens is 5. The van der Waals surface area contributed by atoms with E-state index in [1.165, 1.54) is 0 Å². The molecule has 3 fully saturated rings. The highest BCUT2D eigenvalue weighted by Crippen LogP contribution is 2.57. The zero-order chi connectivity index (χ0) is 19.0. The summed E-state index contributed by atoms with van der Waals surface area (Å²) in [5.41, 5.74) is -2.88. The molecule has 1 N–H and O–H groups in total. The summed E-state index contributed by atoms with van der Waals surface area (Å²) in [6.45, 7) is 3.47. The van der Waals surface area contributed by atoms with E-state index in [0.717, 1.165) is 6.42 Å². The molecule has 3 rings (SSSR count). The molecule has 2 bridgehead atoms. The molecule has 2 aliphatic carbocycles. The van der Waals surface area contributed by atoms with Crippen molar-refractivity contribution in [1.29, 1.82) is 0 Å². The Bertz CT molecular complexity index is 577. The molecule has 4 nitrogen and oxygen atoms in total. The number of hydrogen-bond acceptors (Lipinski definition) is 4.